The first-order valence-corrected chi connectivity index (χ1v) is 3.51. The van der Waals surface area contributed by atoms with E-state index < -0.39 is 24.4 Å². The van der Waals surface area contributed by atoms with Crippen LogP contribution in [-0.4, -0.2) is 52.9 Å². The topological polar surface area (TPSA) is 95.9 Å². The Bertz CT molecular complexity index is 130. The lowest BCUT2D eigenvalue weighted by Gasteiger charge is -2.34. The number of aliphatic hydroxyl groups is 3. The second-order valence-corrected chi connectivity index (χ2v) is 2.70. The van der Waals surface area contributed by atoms with E-state index >= 15 is 0 Å². The van der Waals surface area contributed by atoms with Gasteiger partial charge in [-0.05, 0) is 0 Å². The molecule has 0 saturated carbocycles. The molecule has 0 bridgehead atoms. The smallest absolute Gasteiger partial charge is 0.110 e. The summed E-state index contributed by atoms with van der Waals surface area (Å²) in [6.45, 7) is -0.131. The fourth-order valence-electron chi connectivity index (χ4n) is 1.07. The van der Waals surface area contributed by atoms with Crippen LogP contribution in [-0.2, 0) is 4.74 Å². The summed E-state index contributed by atoms with van der Waals surface area (Å²) in [6, 6.07) is -0.562. The van der Waals surface area contributed by atoms with Crippen LogP contribution in [0.3, 0.4) is 0 Å². The van der Waals surface area contributed by atoms with Gasteiger partial charge in [-0.25, -0.2) is 0 Å². The van der Waals surface area contributed by atoms with Crippen LogP contribution in [0.1, 0.15) is 0 Å². The second-order valence-electron chi connectivity index (χ2n) is 2.70. The molecule has 1 saturated heterocycles. The monoisotopic (exact) mass is 163 g/mol. The van der Waals surface area contributed by atoms with Crippen LogP contribution in [0.2, 0.25) is 0 Å². The van der Waals surface area contributed by atoms with Crippen molar-refractivity contribution in [2.24, 2.45) is 5.73 Å². The van der Waals surface area contributed by atoms with Gasteiger partial charge in [-0.3, -0.25) is 0 Å². The third kappa shape index (κ3) is 1.69. The molecule has 5 nitrogen and oxygen atoms in total. The van der Waals surface area contributed by atoms with Gasteiger partial charge in [-0.1, -0.05) is 0 Å². The Balaban J connectivity index is 2.52. The summed E-state index contributed by atoms with van der Waals surface area (Å²) >= 11 is 0. The Morgan fingerprint density at radius 1 is 1.36 bits per heavy atom. The van der Waals surface area contributed by atoms with E-state index in [4.69, 9.17) is 15.6 Å². The zero-order valence-corrected chi connectivity index (χ0v) is 6.05. The summed E-state index contributed by atoms with van der Waals surface area (Å²) in [6.07, 6.45) is -2.78. The van der Waals surface area contributed by atoms with Gasteiger partial charge in [-0.2, -0.15) is 0 Å². The van der Waals surface area contributed by atoms with Crippen molar-refractivity contribution in [1.82, 2.24) is 0 Å². The molecule has 1 heterocycles. The fraction of sp³-hybridized carbons (Fsp3) is 1.00. The molecule has 0 aromatic rings. The van der Waals surface area contributed by atoms with E-state index in [0.717, 1.165) is 0 Å². The molecule has 5 heteroatoms. The summed E-state index contributed by atoms with van der Waals surface area (Å²) in [5, 5.41) is 27.0. The predicted octanol–water partition coefficient (Wildman–Crippen LogP) is -2.57. The third-order valence-electron chi connectivity index (χ3n) is 1.85. The Kier molecular flexibility index (Phi) is 2.80. The van der Waals surface area contributed by atoms with Crippen molar-refractivity contribution in [3.8, 4) is 0 Å². The molecule has 0 spiro atoms. The number of aliphatic hydroxyl groups excluding tert-OH is 3. The summed E-state index contributed by atoms with van der Waals surface area (Å²) in [5.74, 6) is 0. The minimum atomic E-state index is -1.08. The van der Waals surface area contributed by atoms with E-state index in [1.54, 1.807) is 0 Å². The summed E-state index contributed by atoms with van der Waals surface area (Å²) in [5.41, 5.74) is 5.37. The van der Waals surface area contributed by atoms with Crippen molar-refractivity contribution in [1.29, 1.82) is 0 Å². The van der Waals surface area contributed by atoms with Crippen molar-refractivity contribution < 1.29 is 20.1 Å². The van der Waals surface area contributed by atoms with Crippen molar-refractivity contribution in [3.05, 3.63) is 0 Å². The van der Waals surface area contributed by atoms with Gasteiger partial charge < -0.3 is 25.8 Å². The van der Waals surface area contributed by atoms with Gasteiger partial charge in [0.15, 0.2) is 0 Å². The van der Waals surface area contributed by atoms with Gasteiger partial charge in [-0.15, -0.1) is 0 Å². The zero-order valence-electron chi connectivity index (χ0n) is 6.05. The molecule has 1 fully saturated rings. The largest absolute Gasteiger partial charge is 0.394 e. The molecule has 1 aliphatic heterocycles. The van der Waals surface area contributed by atoms with Gasteiger partial charge in [0.2, 0.25) is 0 Å². The molecule has 1 rings (SSSR count). The minimum absolute atomic E-state index is 0.170. The molecule has 1 aliphatic rings. The van der Waals surface area contributed by atoms with Crippen LogP contribution in [0.5, 0.6) is 0 Å². The molecule has 2 unspecified atom stereocenters. The van der Waals surface area contributed by atoms with Crippen molar-refractivity contribution >= 4 is 0 Å². The van der Waals surface area contributed by atoms with Crippen LogP contribution in [0.4, 0.5) is 0 Å². The summed E-state index contributed by atoms with van der Waals surface area (Å²) in [7, 11) is 0. The average Bonchev–Trinajstić information content (AvgIpc) is 2.01. The van der Waals surface area contributed by atoms with E-state index in [1.807, 2.05) is 0 Å². The normalized spacial score (nSPS) is 45.8. The Hall–Kier alpha value is -0.200. The van der Waals surface area contributed by atoms with Crippen molar-refractivity contribution in [2.75, 3.05) is 13.2 Å². The van der Waals surface area contributed by atoms with Gasteiger partial charge >= 0.3 is 0 Å². The van der Waals surface area contributed by atoms with Gasteiger partial charge in [0.05, 0.1) is 25.4 Å². The maximum Gasteiger partial charge on any atom is 0.110 e. The molecule has 11 heavy (non-hydrogen) atoms. The van der Waals surface area contributed by atoms with Gasteiger partial charge in [0, 0.05) is 0 Å². The van der Waals surface area contributed by atoms with Gasteiger partial charge in [0.1, 0.15) is 12.2 Å². The first-order valence-electron chi connectivity index (χ1n) is 3.51. The minimum Gasteiger partial charge on any atom is -0.394 e. The molecule has 5 N–H and O–H groups in total. The van der Waals surface area contributed by atoms with Crippen LogP contribution in [0.15, 0.2) is 0 Å². The standard InChI is InChI=1S/C6H13NO4/c7-3-2-11-4(1-8)6(10)5(3)9/h3-6,8-10H,1-2,7H2/t3?,4?,5-,6-/m1/s1. The Morgan fingerprint density at radius 3 is 2.55 bits per heavy atom. The van der Waals surface area contributed by atoms with Gasteiger partial charge in [0.25, 0.3) is 0 Å². The molecule has 0 aromatic heterocycles. The number of nitrogens with two attached hydrogens (primary N) is 1. The van der Waals surface area contributed by atoms with Crippen molar-refractivity contribution in [2.45, 2.75) is 24.4 Å². The second kappa shape index (κ2) is 3.46. The third-order valence-corrected chi connectivity index (χ3v) is 1.85. The van der Waals surface area contributed by atoms with E-state index in [9.17, 15) is 10.2 Å². The molecular weight excluding hydrogens is 150 g/mol. The van der Waals surface area contributed by atoms with E-state index in [2.05, 4.69) is 0 Å². The number of ether oxygens (including phenoxy) is 1. The highest BCUT2D eigenvalue weighted by Gasteiger charge is 2.35. The lowest BCUT2D eigenvalue weighted by atomic mass is 9.99. The highest BCUT2D eigenvalue weighted by atomic mass is 16.5. The first kappa shape index (κ1) is 8.89. The summed E-state index contributed by atoms with van der Waals surface area (Å²) in [4.78, 5) is 0. The van der Waals surface area contributed by atoms with Crippen LogP contribution >= 0.6 is 0 Å². The quantitative estimate of drug-likeness (QED) is 0.340. The average molecular weight is 163 g/mol. The number of hydrogen-bond donors (Lipinski definition) is 4. The van der Waals surface area contributed by atoms with Crippen LogP contribution < -0.4 is 5.73 Å². The molecular formula is C6H13NO4. The molecule has 4 atom stereocenters. The molecule has 0 radical (unpaired) electrons. The first-order chi connectivity index (χ1) is 5.16. The lowest BCUT2D eigenvalue weighted by Crippen LogP contribution is -2.57. The molecule has 66 valence electrons. The predicted molar refractivity (Wildman–Crippen MR) is 36.8 cm³/mol. The maximum atomic E-state index is 9.19. The SMILES string of the molecule is NC1COC(CO)[C@@H](O)[C@@H]1O. The number of rotatable bonds is 1. The Morgan fingerprint density at radius 2 is 2.00 bits per heavy atom. The lowest BCUT2D eigenvalue weighted by molar-refractivity contribution is -0.156. The van der Waals surface area contributed by atoms with Crippen molar-refractivity contribution in [3.63, 3.8) is 0 Å². The number of hydrogen-bond acceptors (Lipinski definition) is 5. The zero-order chi connectivity index (χ0) is 8.43. The van der Waals surface area contributed by atoms with E-state index in [1.165, 1.54) is 0 Å². The molecule has 0 aromatic carbocycles. The maximum absolute atomic E-state index is 9.19. The Labute approximate surface area is 64.4 Å². The summed E-state index contributed by atoms with van der Waals surface area (Å²) < 4.78 is 4.94. The van der Waals surface area contributed by atoms with E-state index in [0.29, 0.717) is 0 Å². The fourth-order valence-corrected chi connectivity index (χ4v) is 1.07. The van der Waals surface area contributed by atoms with Crippen LogP contribution in [0, 0.1) is 0 Å². The van der Waals surface area contributed by atoms with Crippen LogP contribution in [0.25, 0.3) is 0 Å². The highest BCUT2D eigenvalue weighted by molar-refractivity contribution is 4.88. The highest BCUT2D eigenvalue weighted by Crippen LogP contribution is 2.13. The molecule has 0 aliphatic carbocycles. The van der Waals surface area contributed by atoms with E-state index in [-0.39, 0.29) is 13.2 Å². The molecule has 0 amide bonds.